The van der Waals surface area contributed by atoms with E-state index in [4.69, 9.17) is 4.74 Å². The molecule has 0 bridgehead atoms. The van der Waals surface area contributed by atoms with Gasteiger partial charge in [-0.05, 0) is 37.5 Å². The lowest BCUT2D eigenvalue weighted by molar-refractivity contribution is 0.244. The number of hydrogen-bond donors (Lipinski definition) is 2. The van der Waals surface area contributed by atoms with Gasteiger partial charge in [-0.1, -0.05) is 25.3 Å². The van der Waals surface area contributed by atoms with Crippen molar-refractivity contribution in [2.24, 2.45) is 0 Å². The number of nitrogens with one attached hydrogen (secondary N) is 2. The van der Waals surface area contributed by atoms with Crippen molar-refractivity contribution in [1.29, 1.82) is 0 Å². The fourth-order valence-electron chi connectivity index (χ4n) is 2.49. The summed E-state index contributed by atoms with van der Waals surface area (Å²) in [6.45, 7) is 1.99. The van der Waals surface area contributed by atoms with Crippen molar-refractivity contribution >= 4 is 11.7 Å². The molecule has 2 N–H and O–H groups in total. The lowest BCUT2D eigenvalue weighted by Gasteiger charge is -2.23. The average Bonchev–Trinajstić information content (AvgIpc) is 2.42. The van der Waals surface area contributed by atoms with Crippen molar-refractivity contribution in [3.05, 3.63) is 23.8 Å². The SMILES string of the molecule is COc1cc(C)ccc1NC(=O)NC1CCCCC1. The number of anilines is 1. The summed E-state index contributed by atoms with van der Waals surface area (Å²) in [7, 11) is 1.61. The largest absolute Gasteiger partial charge is 0.495 e. The van der Waals surface area contributed by atoms with Gasteiger partial charge in [-0.3, -0.25) is 0 Å². The third kappa shape index (κ3) is 3.88. The third-order valence-electron chi connectivity index (χ3n) is 3.55. The third-order valence-corrected chi connectivity index (χ3v) is 3.55. The van der Waals surface area contributed by atoms with Crippen molar-refractivity contribution in [3.8, 4) is 5.75 Å². The van der Waals surface area contributed by atoms with Crippen molar-refractivity contribution in [3.63, 3.8) is 0 Å². The lowest BCUT2D eigenvalue weighted by atomic mass is 9.96. The Labute approximate surface area is 114 Å². The van der Waals surface area contributed by atoms with Gasteiger partial charge in [0.1, 0.15) is 5.75 Å². The Balaban J connectivity index is 1.94. The zero-order valence-electron chi connectivity index (χ0n) is 11.7. The van der Waals surface area contributed by atoms with Gasteiger partial charge in [0.15, 0.2) is 0 Å². The molecule has 0 heterocycles. The number of hydrogen-bond acceptors (Lipinski definition) is 2. The van der Waals surface area contributed by atoms with Crippen molar-refractivity contribution in [2.45, 2.75) is 45.1 Å². The van der Waals surface area contributed by atoms with Crippen LogP contribution in [0.5, 0.6) is 5.75 Å². The number of carbonyl (C=O) groups is 1. The molecule has 4 heteroatoms. The Morgan fingerprint density at radius 1 is 1.26 bits per heavy atom. The molecule has 1 aromatic rings. The molecule has 0 spiro atoms. The molecule has 1 saturated carbocycles. The van der Waals surface area contributed by atoms with Crippen molar-refractivity contribution in [2.75, 3.05) is 12.4 Å². The number of urea groups is 1. The van der Waals surface area contributed by atoms with E-state index in [2.05, 4.69) is 10.6 Å². The zero-order valence-corrected chi connectivity index (χ0v) is 11.7. The maximum atomic E-state index is 12.0. The monoisotopic (exact) mass is 262 g/mol. The number of aryl methyl sites for hydroxylation is 1. The molecule has 1 fully saturated rings. The topological polar surface area (TPSA) is 50.4 Å². The van der Waals surface area contributed by atoms with Crippen LogP contribution in [0, 0.1) is 6.92 Å². The van der Waals surface area contributed by atoms with Crippen LogP contribution in [-0.2, 0) is 0 Å². The second kappa shape index (κ2) is 6.45. The molecule has 2 rings (SSSR count). The zero-order chi connectivity index (χ0) is 13.7. The van der Waals surface area contributed by atoms with Gasteiger partial charge >= 0.3 is 6.03 Å². The Kier molecular flexibility index (Phi) is 4.66. The predicted octanol–water partition coefficient (Wildman–Crippen LogP) is 3.46. The summed E-state index contributed by atoms with van der Waals surface area (Å²) in [5.74, 6) is 0.693. The molecule has 4 nitrogen and oxygen atoms in total. The van der Waals surface area contributed by atoms with Crippen molar-refractivity contribution in [1.82, 2.24) is 5.32 Å². The van der Waals surface area contributed by atoms with E-state index in [1.165, 1.54) is 19.3 Å². The molecular formula is C15H22N2O2. The molecule has 1 aliphatic rings. The molecule has 2 amide bonds. The molecular weight excluding hydrogens is 240 g/mol. The van der Waals surface area contributed by atoms with E-state index in [1.54, 1.807) is 7.11 Å². The Morgan fingerprint density at radius 2 is 2.00 bits per heavy atom. The van der Waals surface area contributed by atoms with Crippen LogP contribution in [-0.4, -0.2) is 19.2 Å². The molecule has 1 aliphatic carbocycles. The second-order valence-corrected chi connectivity index (χ2v) is 5.14. The summed E-state index contributed by atoms with van der Waals surface area (Å²) in [4.78, 5) is 12.0. The van der Waals surface area contributed by atoms with Gasteiger partial charge in [0, 0.05) is 6.04 Å². The van der Waals surface area contributed by atoms with E-state index in [9.17, 15) is 4.79 Å². The maximum Gasteiger partial charge on any atom is 0.319 e. The maximum absolute atomic E-state index is 12.0. The molecule has 0 radical (unpaired) electrons. The van der Waals surface area contributed by atoms with Gasteiger partial charge in [0.2, 0.25) is 0 Å². The lowest BCUT2D eigenvalue weighted by Crippen LogP contribution is -2.39. The molecule has 19 heavy (non-hydrogen) atoms. The first-order chi connectivity index (χ1) is 9.19. The van der Waals surface area contributed by atoms with Crippen LogP contribution in [0.2, 0.25) is 0 Å². The molecule has 0 saturated heterocycles. The van der Waals surface area contributed by atoms with Gasteiger partial charge in [-0.25, -0.2) is 4.79 Å². The highest BCUT2D eigenvalue weighted by molar-refractivity contribution is 5.91. The number of rotatable bonds is 3. The van der Waals surface area contributed by atoms with Gasteiger partial charge < -0.3 is 15.4 Å². The van der Waals surface area contributed by atoms with Gasteiger partial charge in [-0.2, -0.15) is 0 Å². The van der Waals surface area contributed by atoms with Crippen LogP contribution in [0.1, 0.15) is 37.7 Å². The minimum Gasteiger partial charge on any atom is -0.495 e. The van der Waals surface area contributed by atoms with E-state index in [1.807, 2.05) is 25.1 Å². The van der Waals surface area contributed by atoms with Crippen molar-refractivity contribution < 1.29 is 9.53 Å². The highest BCUT2D eigenvalue weighted by Crippen LogP contribution is 2.25. The second-order valence-electron chi connectivity index (χ2n) is 5.14. The van der Waals surface area contributed by atoms with E-state index in [-0.39, 0.29) is 6.03 Å². The number of ether oxygens (including phenoxy) is 1. The first-order valence-corrected chi connectivity index (χ1v) is 6.91. The standard InChI is InChI=1S/C15H22N2O2/c1-11-8-9-13(14(10-11)19-2)17-15(18)16-12-6-4-3-5-7-12/h8-10,12H,3-7H2,1-2H3,(H2,16,17,18). The molecule has 0 unspecified atom stereocenters. The van der Waals surface area contributed by atoms with Crippen LogP contribution >= 0.6 is 0 Å². The van der Waals surface area contributed by atoms with E-state index < -0.39 is 0 Å². The molecule has 0 aromatic heterocycles. The minimum atomic E-state index is -0.144. The minimum absolute atomic E-state index is 0.144. The smallest absolute Gasteiger partial charge is 0.319 e. The van der Waals surface area contributed by atoms with Crippen LogP contribution in [0.15, 0.2) is 18.2 Å². The first-order valence-electron chi connectivity index (χ1n) is 6.91. The van der Waals surface area contributed by atoms with Crippen LogP contribution in [0.4, 0.5) is 10.5 Å². The van der Waals surface area contributed by atoms with Gasteiger partial charge in [0.25, 0.3) is 0 Å². The average molecular weight is 262 g/mol. The van der Waals surface area contributed by atoms with E-state index in [0.717, 1.165) is 18.4 Å². The van der Waals surface area contributed by atoms with E-state index >= 15 is 0 Å². The summed E-state index contributed by atoms with van der Waals surface area (Å²) in [5, 5.41) is 5.89. The Bertz CT molecular complexity index is 440. The molecule has 104 valence electrons. The van der Waals surface area contributed by atoms with E-state index in [0.29, 0.717) is 17.5 Å². The van der Waals surface area contributed by atoms with Crippen LogP contribution < -0.4 is 15.4 Å². The summed E-state index contributed by atoms with van der Waals surface area (Å²) >= 11 is 0. The fraction of sp³-hybridized carbons (Fsp3) is 0.533. The Hall–Kier alpha value is -1.71. The summed E-state index contributed by atoms with van der Waals surface area (Å²) in [6.07, 6.45) is 5.86. The van der Waals surface area contributed by atoms with Crippen LogP contribution in [0.25, 0.3) is 0 Å². The van der Waals surface area contributed by atoms with Gasteiger partial charge in [0.05, 0.1) is 12.8 Å². The highest BCUT2D eigenvalue weighted by Gasteiger charge is 2.16. The predicted molar refractivity (Wildman–Crippen MR) is 76.8 cm³/mol. The number of benzene rings is 1. The number of carbonyl (C=O) groups excluding carboxylic acids is 1. The molecule has 1 aromatic carbocycles. The quantitative estimate of drug-likeness (QED) is 0.876. The number of amides is 2. The van der Waals surface area contributed by atoms with Crippen LogP contribution in [0.3, 0.4) is 0 Å². The summed E-state index contributed by atoms with van der Waals surface area (Å²) < 4.78 is 5.27. The van der Waals surface area contributed by atoms with Gasteiger partial charge in [-0.15, -0.1) is 0 Å². The molecule has 0 aliphatic heterocycles. The highest BCUT2D eigenvalue weighted by atomic mass is 16.5. The Morgan fingerprint density at radius 3 is 2.68 bits per heavy atom. The molecule has 0 atom stereocenters. The first kappa shape index (κ1) is 13.7. The summed E-state index contributed by atoms with van der Waals surface area (Å²) in [5.41, 5.74) is 1.82. The fourth-order valence-corrected chi connectivity index (χ4v) is 2.49. The number of methoxy groups -OCH3 is 1. The normalized spacial score (nSPS) is 15.9. The summed E-state index contributed by atoms with van der Waals surface area (Å²) in [6, 6.07) is 5.91.